The van der Waals surface area contributed by atoms with Gasteiger partial charge in [0.25, 0.3) is 5.91 Å². The summed E-state index contributed by atoms with van der Waals surface area (Å²) >= 11 is 0. The monoisotopic (exact) mass is 318 g/mol. The zero-order valence-corrected chi connectivity index (χ0v) is 12.9. The molecular weight excluding hydrogens is 304 g/mol. The van der Waals surface area contributed by atoms with Crippen molar-refractivity contribution in [3.05, 3.63) is 66.2 Å². The van der Waals surface area contributed by atoms with E-state index in [4.69, 9.17) is 4.52 Å². The van der Waals surface area contributed by atoms with Crippen molar-refractivity contribution in [2.75, 3.05) is 5.32 Å². The fourth-order valence-electron chi connectivity index (χ4n) is 2.58. The summed E-state index contributed by atoms with van der Waals surface area (Å²) in [5.41, 5.74) is 3.81. The third-order valence-electron chi connectivity index (χ3n) is 3.70. The topological polar surface area (TPSA) is 83.8 Å². The molecular formula is C18H14N4O2. The van der Waals surface area contributed by atoms with E-state index < -0.39 is 0 Å². The number of fused-ring (bicyclic) bond motifs is 1. The molecule has 0 fully saturated rings. The van der Waals surface area contributed by atoms with Gasteiger partial charge in [-0.2, -0.15) is 0 Å². The molecule has 6 heteroatoms. The Balaban J connectivity index is 1.56. The Bertz CT molecular complexity index is 1020. The van der Waals surface area contributed by atoms with Gasteiger partial charge in [0.05, 0.1) is 0 Å². The molecule has 0 radical (unpaired) electrons. The summed E-state index contributed by atoms with van der Waals surface area (Å²) in [4.78, 5) is 19.6. The Morgan fingerprint density at radius 1 is 1.21 bits per heavy atom. The molecule has 0 aliphatic heterocycles. The van der Waals surface area contributed by atoms with Crippen molar-refractivity contribution in [1.29, 1.82) is 0 Å². The number of aromatic amines is 1. The van der Waals surface area contributed by atoms with Crippen LogP contribution in [0.3, 0.4) is 0 Å². The normalized spacial score (nSPS) is 10.9. The molecule has 0 spiro atoms. The first-order valence-corrected chi connectivity index (χ1v) is 7.47. The second-order valence-corrected chi connectivity index (χ2v) is 5.53. The summed E-state index contributed by atoms with van der Waals surface area (Å²) in [6.07, 6.45) is 3.33. The second-order valence-electron chi connectivity index (χ2n) is 5.53. The van der Waals surface area contributed by atoms with Crippen molar-refractivity contribution in [2.24, 2.45) is 0 Å². The number of rotatable bonds is 3. The molecule has 3 aromatic heterocycles. The molecule has 0 aliphatic rings. The van der Waals surface area contributed by atoms with Crippen LogP contribution in [0.25, 0.3) is 22.2 Å². The highest BCUT2D eigenvalue weighted by Gasteiger charge is 2.14. The standard InChI is InChI=1S/C18H14N4O2/c1-11-7-13-8-14(4-5-15(13)20-11)21-18(23)16-9-17(24-22-16)12-3-2-6-19-10-12/h2-10,20H,1H3,(H,21,23). The molecule has 0 saturated heterocycles. The minimum atomic E-state index is -0.319. The number of nitrogens with one attached hydrogen (secondary N) is 2. The summed E-state index contributed by atoms with van der Waals surface area (Å²) < 4.78 is 5.23. The third kappa shape index (κ3) is 2.65. The second kappa shape index (κ2) is 5.66. The number of aromatic nitrogens is 3. The number of pyridine rings is 1. The van der Waals surface area contributed by atoms with Gasteiger partial charge in [0.2, 0.25) is 0 Å². The van der Waals surface area contributed by atoms with Crippen molar-refractivity contribution in [2.45, 2.75) is 6.92 Å². The van der Waals surface area contributed by atoms with Crippen LogP contribution in [0, 0.1) is 6.92 Å². The Hall–Kier alpha value is -3.41. The maximum absolute atomic E-state index is 12.3. The summed E-state index contributed by atoms with van der Waals surface area (Å²) in [5, 5.41) is 7.71. The van der Waals surface area contributed by atoms with E-state index in [0.29, 0.717) is 11.4 Å². The molecule has 24 heavy (non-hydrogen) atoms. The number of carbonyl (C=O) groups excluding carboxylic acids is 1. The fourth-order valence-corrected chi connectivity index (χ4v) is 2.58. The van der Waals surface area contributed by atoms with E-state index in [1.165, 1.54) is 0 Å². The average Bonchev–Trinajstić information content (AvgIpc) is 3.21. The Morgan fingerprint density at radius 2 is 2.12 bits per heavy atom. The number of anilines is 1. The molecule has 0 unspecified atom stereocenters. The largest absolute Gasteiger partial charge is 0.359 e. The van der Waals surface area contributed by atoms with E-state index >= 15 is 0 Å². The van der Waals surface area contributed by atoms with Crippen LogP contribution in [0.2, 0.25) is 0 Å². The lowest BCUT2D eigenvalue weighted by Crippen LogP contribution is -2.11. The maximum Gasteiger partial charge on any atom is 0.277 e. The lowest BCUT2D eigenvalue weighted by molar-refractivity contribution is 0.101. The van der Waals surface area contributed by atoms with E-state index in [1.807, 2.05) is 37.3 Å². The quantitative estimate of drug-likeness (QED) is 0.602. The van der Waals surface area contributed by atoms with Gasteiger partial charge in [-0.3, -0.25) is 9.78 Å². The first kappa shape index (κ1) is 14.2. The van der Waals surface area contributed by atoms with Crippen molar-refractivity contribution in [3.63, 3.8) is 0 Å². The molecule has 0 saturated carbocycles. The number of hydrogen-bond acceptors (Lipinski definition) is 4. The van der Waals surface area contributed by atoms with Crippen molar-refractivity contribution < 1.29 is 9.32 Å². The maximum atomic E-state index is 12.3. The minimum absolute atomic E-state index is 0.221. The van der Waals surface area contributed by atoms with Gasteiger partial charge in [0.1, 0.15) is 0 Å². The summed E-state index contributed by atoms with van der Waals surface area (Å²) in [5.74, 6) is 0.186. The summed E-state index contributed by atoms with van der Waals surface area (Å²) in [6, 6.07) is 13.0. The molecule has 1 aromatic carbocycles. The highest BCUT2D eigenvalue weighted by Crippen LogP contribution is 2.22. The summed E-state index contributed by atoms with van der Waals surface area (Å²) in [6.45, 7) is 1.99. The molecule has 118 valence electrons. The smallest absolute Gasteiger partial charge is 0.277 e. The molecule has 2 N–H and O–H groups in total. The predicted molar refractivity (Wildman–Crippen MR) is 90.7 cm³/mol. The van der Waals surface area contributed by atoms with Crippen LogP contribution >= 0.6 is 0 Å². The minimum Gasteiger partial charge on any atom is -0.359 e. The Morgan fingerprint density at radius 3 is 2.96 bits per heavy atom. The van der Waals surface area contributed by atoms with Crippen LogP contribution in [0.15, 0.2) is 59.4 Å². The van der Waals surface area contributed by atoms with Gasteiger partial charge in [-0.25, -0.2) is 0 Å². The number of amides is 1. The molecule has 3 heterocycles. The van der Waals surface area contributed by atoms with Gasteiger partial charge < -0.3 is 14.8 Å². The van der Waals surface area contributed by atoms with Crippen LogP contribution in [-0.2, 0) is 0 Å². The van der Waals surface area contributed by atoms with Crippen LogP contribution < -0.4 is 5.32 Å². The van der Waals surface area contributed by atoms with Gasteiger partial charge in [0.15, 0.2) is 11.5 Å². The van der Waals surface area contributed by atoms with Crippen molar-refractivity contribution >= 4 is 22.5 Å². The van der Waals surface area contributed by atoms with Gasteiger partial charge in [-0.05, 0) is 43.3 Å². The highest BCUT2D eigenvalue weighted by molar-refractivity contribution is 6.04. The van der Waals surface area contributed by atoms with E-state index in [0.717, 1.165) is 22.2 Å². The first-order chi connectivity index (χ1) is 11.7. The number of aryl methyl sites for hydroxylation is 1. The highest BCUT2D eigenvalue weighted by atomic mass is 16.5. The van der Waals surface area contributed by atoms with Gasteiger partial charge >= 0.3 is 0 Å². The molecule has 6 nitrogen and oxygen atoms in total. The molecule has 4 rings (SSSR count). The third-order valence-corrected chi connectivity index (χ3v) is 3.70. The van der Waals surface area contributed by atoms with E-state index in [1.54, 1.807) is 24.5 Å². The zero-order chi connectivity index (χ0) is 16.5. The van der Waals surface area contributed by atoms with Gasteiger partial charge in [0, 0.05) is 46.3 Å². The van der Waals surface area contributed by atoms with Gasteiger partial charge in [-0.15, -0.1) is 0 Å². The zero-order valence-electron chi connectivity index (χ0n) is 12.9. The molecule has 0 bridgehead atoms. The molecule has 4 aromatic rings. The van der Waals surface area contributed by atoms with Crippen LogP contribution in [0.4, 0.5) is 5.69 Å². The molecule has 1 amide bonds. The van der Waals surface area contributed by atoms with Crippen LogP contribution in [0.1, 0.15) is 16.2 Å². The molecule has 0 atom stereocenters. The lowest BCUT2D eigenvalue weighted by atomic mass is 10.2. The van der Waals surface area contributed by atoms with Crippen molar-refractivity contribution in [3.8, 4) is 11.3 Å². The van der Waals surface area contributed by atoms with E-state index in [2.05, 4.69) is 20.4 Å². The van der Waals surface area contributed by atoms with Crippen LogP contribution in [0.5, 0.6) is 0 Å². The lowest BCUT2D eigenvalue weighted by Gasteiger charge is -2.02. The molecule has 0 aliphatic carbocycles. The van der Waals surface area contributed by atoms with Gasteiger partial charge in [-0.1, -0.05) is 5.16 Å². The Labute approximate surface area is 137 Å². The van der Waals surface area contributed by atoms with E-state index in [9.17, 15) is 4.79 Å². The number of carbonyl (C=O) groups is 1. The first-order valence-electron chi connectivity index (χ1n) is 7.47. The summed E-state index contributed by atoms with van der Waals surface area (Å²) in [7, 11) is 0. The number of benzene rings is 1. The van der Waals surface area contributed by atoms with Crippen LogP contribution in [-0.4, -0.2) is 21.0 Å². The average molecular weight is 318 g/mol. The number of nitrogens with zero attached hydrogens (tertiary/aromatic N) is 2. The number of hydrogen-bond donors (Lipinski definition) is 2. The predicted octanol–water partition coefficient (Wildman–Crippen LogP) is 3.78. The van der Waals surface area contributed by atoms with Crippen molar-refractivity contribution in [1.82, 2.24) is 15.1 Å². The fraction of sp³-hybridized carbons (Fsp3) is 0.0556. The van der Waals surface area contributed by atoms with E-state index in [-0.39, 0.29) is 11.6 Å². The Kier molecular flexibility index (Phi) is 3.35. The SMILES string of the molecule is Cc1cc2cc(NC(=O)c3cc(-c4cccnc4)on3)ccc2[nH]1. The number of H-pyrrole nitrogens is 1.